The molecule has 0 atom stereocenters. The first kappa shape index (κ1) is 15.2. The fourth-order valence-electron chi connectivity index (χ4n) is 1.41. The summed E-state index contributed by atoms with van der Waals surface area (Å²) < 4.78 is 1.94. The second-order valence-electron chi connectivity index (χ2n) is 4.10. The summed E-state index contributed by atoms with van der Waals surface area (Å²) in [5, 5.41) is 0.731. The van der Waals surface area contributed by atoms with E-state index in [1.165, 1.54) is 10.8 Å². The molecule has 0 aromatic carbocycles. The molecule has 1 rings (SSSR count). The maximum absolute atomic E-state index is 11.7. The Morgan fingerprint density at radius 2 is 2.17 bits per heavy atom. The molecule has 0 saturated carbocycles. The molecule has 0 aliphatic heterocycles. The van der Waals surface area contributed by atoms with Gasteiger partial charge in [-0.3, -0.25) is 9.36 Å². The average Bonchev–Trinajstić information content (AvgIpc) is 2.37. The highest BCUT2D eigenvalue weighted by Crippen LogP contribution is 2.22. The molecule has 0 fully saturated rings. The van der Waals surface area contributed by atoms with Crippen molar-refractivity contribution in [1.29, 1.82) is 0 Å². The minimum atomic E-state index is -0.114. The number of rotatable bonds is 3. The quantitative estimate of drug-likeness (QED) is 0.788. The largest absolute Gasteiger partial charge is 0.295 e. The highest BCUT2D eigenvalue weighted by Gasteiger charge is 2.05. The van der Waals surface area contributed by atoms with Gasteiger partial charge in [-0.2, -0.15) is 0 Å². The van der Waals surface area contributed by atoms with Gasteiger partial charge in [0, 0.05) is 18.3 Å². The third-order valence-corrected chi connectivity index (χ3v) is 3.92. The topological polar surface area (TPSA) is 34.9 Å². The normalized spacial score (nSPS) is 13.6. The van der Waals surface area contributed by atoms with Crippen LogP contribution in [-0.4, -0.2) is 9.55 Å². The van der Waals surface area contributed by atoms with Gasteiger partial charge in [0.25, 0.3) is 5.56 Å². The van der Waals surface area contributed by atoms with Crippen LogP contribution in [0.3, 0.4) is 0 Å². The molecule has 0 saturated heterocycles. The summed E-state index contributed by atoms with van der Waals surface area (Å²) in [4.78, 5) is 15.9. The monoisotopic (exact) mass is 330 g/mol. The summed E-state index contributed by atoms with van der Waals surface area (Å²) in [6.07, 6.45) is 4.22. The first-order valence-corrected chi connectivity index (χ1v) is 6.81. The molecule has 3 nitrogen and oxygen atoms in total. The molecule has 0 unspecified atom stereocenters. The molecular weight excluding hydrogens is 316 g/mol. The molecule has 1 aromatic rings. The number of hydrogen-bond acceptors (Lipinski definition) is 2. The van der Waals surface area contributed by atoms with Crippen molar-refractivity contribution in [2.75, 3.05) is 0 Å². The Morgan fingerprint density at radius 1 is 1.56 bits per heavy atom. The van der Waals surface area contributed by atoms with Crippen LogP contribution in [-0.2, 0) is 7.05 Å². The fraction of sp³-hybridized carbons (Fsp3) is 0.385. The minimum Gasteiger partial charge on any atom is -0.295 e. The molecule has 0 bridgehead atoms. The van der Waals surface area contributed by atoms with Gasteiger partial charge in [-0.1, -0.05) is 24.1 Å². The third-order valence-electron chi connectivity index (χ3n) is 2.76. The highest BCUT2D eigenvalue weighted by atomic mass is 79.9. The van der Waals surface area contributed by atoms with Gasteiger partial charge in [0.2, 0.25) is 0 Å². The molecule has 0 aliphatic carbocycles. The Balaban J connectivity index is 3.27. The summed E-state index contributed by atoms with van der Waals surface area (Å²) in [5.74, 6) is 0.586. The summed E-state index contributed by atoms with van der Waals surface area (Å²) in [6, 6.07) is 0. The van der Waals surface area contributed by atoms with E-state index < -0.39 is 0 Å². The van der Waals surface area contributed by atoms with Crippen LogP contribution in [0.4, 0.5) is 0 Å². The summed E-state index contributed by atoms with van der Waals surface area (Å²) in [6.45, 7) is 5.96. The Bertz CT molecular complexity index is 573. The Morgan fingerprint density at radius 3 is 2.72 bits per heavy atom. The molecular formula is C13H16BrClN2O. The van der Waals surface area contributed by atoms with E-state index in [0.717, 1.165) is 22.6 Å². The third kappa shape index (κ3) is 3.33. The minimum absolute atomic E-state index is 0.114. The standard InChI is InChI=1S/C13H16BrClN2O/c1-5-8(2)12(15)9(3)6-11-16-7-10(14)13(18)17(11)4/h6-7H,5H2,1-4H3/b9-6-,12-8-. The molecule has 0 N–H and O–H groups in total. The maximum atomic E-state index is 11.7. The number of nitrogens with zero attached hydrogens (tertiary/aromatic N) is 2. The average molecular weight is 332 g/mol. The molecule has 1 heterocycles. The molecule has 1 aromatic heterocycles. The van der Waals surface area contributed by atoms with Crippen molar-refractivity contribution < 1.29 is 0 Å². The zero-order chi connectivity index (χ0) is 13.9. The van der Waals surface area contributed by atoms with Crippen molar-refractivity contribution in [3.63, 3.8) is 0 Å². The van der Waals surface area contributed by atoms with Gasteiger partial charge in [-0.25, -0.2) is 4.98 Å². The van der Waals surface area contributed by atoms with Crippen molar-refractivity contribution in [3.05, 3.63) is 43.0 Å². The van der Waals surface area contributed by atoms with E-state index in [1.807, 2.05) is 19.9 Å². The SMILES string of the molecule is CC/C(C)=C(Cl)/C(C)=C\c1ncc(Br)c(=O)n1C. The second-order valence-corrected chi connectivity index (χ2v) is 5.34. The number of allylic oxidation sites excluding steroid dienone is 3. The molecule has 0 spiro atoms. The lowest BCUT2D eigenvalue weighted by molar-refractivity contribution is 0.801. The van der Waals surface area contributed by atoms with Gasteiger partial charge in [-0.05, 0) is 47.8 Å². The predicted octanol–water partition coefficient (Wildman–Crippen LogP) is 3.87. The smallest absolute Gasteiger partial charge is 0.267 e. The van der Waals surface area contributed by atoms with Gasteiger partial charge in [0.05, 0.1) is 0 Å². The number of halogens is 2. The van der Waals surface area contributed by atoms with E-state index >= 15 is 0 Å². The van der Waals surface area contributed by atoms with Crippen LogP contribution < -0.4 is 5.56 Å². The van der Waals surface area contributed by atoms with Crippen LogP contribution in [0.1, 0.15) is 33.0 Å². The van der Waals surface area contributed by atoms with E-state index in [-0.39, 0.29) is 5.56 Å². The van der Waals surface area contributed by atoms with Crippen LogP contribution in [0.15, 0.2) is 31.6 Å². The lowest BCUT2D eigenvalue weighted by Gasteiger charge is -2.07. The predicted molar refractivity (Wildman–Crippen MR) is 79.7 cm³/mol. The first-order valence-electron chi connectivity index (χ1n) is 5.64. The van der Waals surface area contributed by atoms with Crippen LogP contribution in [0.2, 0.25) is 0 Å². The van der Waals surface area contributed by atoms with Gasteiger partial charge in [-0.15, -0.1) is 0 Å². The van der Waals surface area contributed by atoms with Crippen LogP contribution in [0, 0.1) is 0 Å². The van der Waals surface area contributed by atoms with Gasteiger partial charge in [0.15, 0.2) is 0 Å². The molecule has 0 radical (unpaired) electrons. The van der Waals surface area contributed by atoms with E-state index in [4.69, 9.17) is 11.6 Å². The van der Waals surface area contributed by atoms with Crippen molar-refractivity contribution in [3.8, 4) is 0 Å². The van der Waals surface area contributed by atoms with E-state index in [1.54, 1.807) is 7.05 Å². The number of hydrogen-bond donors (Lipinski definition) is 0. The summed E-state index contributed by atoms with van der Waals surface area (Å²) in [5.41, 5.74) is 1.91. The molecule has 18 heavy (non-hydrogen) atoms. The number of aromatic nitrogens is 2. The molecule has 0 amide bonds. The van der Waals surface area contributed by atoms with Crippen molar-refractivity contribution in [1.82, 2.24) is 9.55 Å². The fourth-order valence-corrected chi connectivity index (χ4v) is 1.97. The van der Waals surface area contributed by atoms with Crippen molar-refractivity contribution in [2.45, 2.75) is 27.2 Å². The lowest BCUT2D eigenvalue weighted by Crippen LogP contribution is -2.20. The van der Waals surface area contributed by atoms with Gasteiger partial charge >= 0.3 is 0 Å². The maximum Gasteiger partial charge on any atom is 0.267 e. The second kappa shape index (κ2) is 6.34. The lowest BCUT2D eigenvalue weighted by atomic mass is 10.1. The highest BCUT2D eigenvalue weighted by molar-refractivity contribution is 9.10. The van der Waals surface area contributed by atoms with Crippen LogP contribution in [0.25, 0.3) is 6.08 Å². The van der Waals surface area contributed by atoms with E-state index in [9.17, 15) is 4.79 Å². The molecule has 5 heteroatoms. The van der Waals surface area contributed by atoms with Gasteiger partial charge in [0.1, 0.15) is 10.3 Å². The molecule has 98 valence electrons. The Labute approximate surface area is 120 Å². The van der Waals surface area contributed by atoms with Gasteiger partial charge < -0.3 is 0 Å². The van der Waals surface area contributed by atoms with Crippen LogP contribution >= 0.6 is 27.5 Å². The van der Waals surface area contributed by atoms with E-state index in [2.05, 4.69) is 27.8 Å². The summed E-state index contributed by atoms with van der Waals surface area (Å²) in [7, 11) is 1.68. The molecule has 0 aliphatic rings. The van der Waals surface area contributed by atoms with Crippen LogP contribution in [0.5, 0.6) is 0 Å². The zero-order valence-corrected chi connectivity index (χ0v) is 13.3. The van der Waals surface area contributed by atoms with Crippen molar-refractivity contribution in [2.24, 2.45) is 7.05 Å². The first-order chi connectivity index (χ1) is 8.38. The summed E-state index contributed by atoms with van der Waals surface area (Å²) >= 11 is 9.40. The Hall–Kier alpha value is -0.870. The zero-order valence-electron chi connectivity index (χ0n) is 10.9. The Kier molecular flexibility index (Phi) is 5.35. The van der Waals surface area contributed by atoms with E-state index in [0.29, 0.717) is 10.3 Å². The van der Waals surface area contributed by atoms with Crippen molar-refractivity contribution >= 4 is 33.6 Å².